The molecule has 96 valence electrons. The number of carbonyl (C=O) groups excluding carboxylic acids is 1. The lowest BCUT2D eigenvalue weighted by atomic mass is 10.0. The summed E-state index contributed by atoms with van der Waals surface area (Å²) in [6.07, 6.45) is -5.90. The van der Waals surface area contributed by atoms with Crippen molar-refractivity contribution in [3.05, 3.63) is 0 Å². The van der Waals surface area contributed by atoms with Gasteiger partial charge < -0.3 is 11.1 Å². The molecule has 8 heteroatoms. The van der Waals surface area contributed by atoms with Crippen LogP contribution in [0.1, 0.15) is 13.8 Å². The number of rotatable bonds is 4. The van der Waals surface area contributed by atoms with Crippen LogP contribution in [0.4, 0.5) is 22.0 Å². The van der Waals surface area contributed by atoms with E-state index in [4.69, 9.17) is 5.73 Å². The Hall–Kier alpha value is -0.920. The molecule has 0 radical (unpaired) electrons. The maximum Gasteiger partial charge on any atom is 0.463 e. The zero-order valence-electron chi connectivity index (χ0n) is 8.74. The molecule has 1 atom stereocenters. The largest absolute Gasteiger partial charge is 0.463 e. The molecule has 3 nitrogen and oxygen atoms in total. The van der Waals surface area contributed by atoms with Gasteiger partial charge in [-0.3, -0.25) is 4.79 Å². The Morgan fingerprint density at radius 3 is 1.94 bits per heavy atom. The molecule has 0 saturated heterocycles. The SMILES string of the molecule is CC(C)C(CN)NC(=O)C(F)(F)C(F)(F)F. The normalized spacial score (nSPS) is 15.1. The third kappa shape index (κ3) is 3.29. The molecule has 0 aromatic heterocycles. The number of alkyl halides is 5. The molecule has 0 rings (SSSR count). The Kier molecular flexibility index (Phi) is 4.66. The molecule has 0 aliphatic carbocycles. The highest BCUT2D eigenvalue weighted by molar-refractivity contribution is 5.84. The van der Waals surface area contributed by atoms with Crippen molar-refractivity contribution >= 4 is 5.91 Å². The van der Waals surface area contributed by atoms with Crippen LogP contribution in [-0.2, 0) is 4.79 Å². The second-order valence-electron chi connectivity index (χ2n) is 3.63. The highest BCUT2D eigenvalue weighted by atomic mass is 19.4. The van der Waals surface area contributed by atoms with Gasteiger partial charge in [0.2, 0.25) is 0 Å². The number of hydrogen-bond donors (Lipinski definition) is 2. The van der Waals surface area contributed by atoms with Crippen molar-refractivity contribution in [3.63, 3.8) is 0 Å². The first kappa shape index (κ1) is 15.1. The number of amides is 1. The van der Waals surface area contributed by atoms with Gasteiger partial charge in [-0.15, -0.1) is 0 Å². The van der Waals surface area contributed by atoms with Crippen LogP contribution < -0.4 is 11.1 Å². The fraction of sp³-hybridized carbons (Fsp3) is 0.875. The number of carbonyl (C=O) groups is 1. The average Bonchev–Trinajstić information content (AvgIpc) is 2.11. The third-order valence-corrected chi connectivity index (χ3v) is 2.02. The monoisotopic (exact) mass is 248 g/mol. The predicted molar refractivity (Wildman–Crippen MR) is 46.8 cm³/mol. The summed E-state index contributed by atoms with van der Waals surface area (Å²) in [5.41, 5.74) is 5.13. The molecular formula is C8H13F5N2O. The summed E-state index contributed by atoms with van der Waals surface area (Å²) in [5.74, 6) is -8.10. The van der Waals surface area contributed by atoms with E-state index in [0.29, 0.717) is 0 Å². The number of nitrogens with one attached hydrogen (secondary N) is 1. The summed E-state index contributed by atoms with van der Waals surface area (Å²) in [6.45, 7) is 2.88. The first-order valence-electron chi connectivity index (χ1n) is 4.49. The minimum atomic E-state index is -5.90. The van der Waals surface area contributed by atoms with Gasteiger partial charge in [-0.25, -0.2) is 0 Å². The van der Waals surface area contributed by atoms with Gasteiger partial charge >= 0.3 is 18.0 Å². The standard InChI is InChI=1S/C8H13F5N2O/c1-4(2)5(3-14)15-6(16)7(9,10)8(11,12)13/h4-5H,3,14H2,1-2H3,(H,15,16). The van der Waals surface area contributed by atoms with Crippen molar-refractivity contribution in [1.29, 1.82) is 0 Å². The van der Waals surface area contributed by atoms with Crippen LogP contribution >= 0.6 is 0 Å². The number of hydrogen-bond acceptors (Lipinski definition) is 2. The van der Waals surface area contributed by atoms with Crippen molar-refractivity contribution in [2.24, 2.45) is 11.7 Å². The second-order valence-corrected chi connectivity index (χ2v) is 3.63. The van der Waals surface area contributed by atoms with E-state index in [1.807, 2.05) is 0 Å². The van der Waals surface area contributed by atoms with Gasteiger partial charge in [-0.2, -0.15) is 22.0 Å². The first-order chi connectivity index (χ1) is 7.04. The highest BCUT2D eigenvalue weighted by Crippen LogP contribution is 2.35. The van der Waals surface area contributed by atoms with Crippen LogP contribution in [0.15, 0.2) is 0 Å². The van der Waals surface area contributed by atoms with Gasteiger partial charge in [0, 0.05) is 12.6 Å². The molecule has 1 unspecified atom stereocenters. The second kappa shape index (κ2) is 4.94. The minimum absolute atomic E-state index is 0.211. The van der Waals surface area contributed by atoms with Crippen LogP contribution in [0.5, 0.6) is 0 Å². The number of halogens is 5. The van der Waals surface area contributed by atoms with Gasteiger partial charge in [0.05, 0.1) is 0 Å². The highest BCUT2D eigenvalue weighted by Gasteiger charge is 2.63. The van der Waals surface area contributed by atoms with Gasteiger partial charge in [0.25, 0.3) is 0 Å². The van der Waals surface area contributed by atoms with E-state index in [1.54, 1.807) is 19.2 Å². The van der Waals surface area contributed by atoms with Gasteiger partial charge in [0.1, 0.15) is 0 Å². The van der Waals surface area contributed by atoms with Crippen molar-refractivity contribution in [1.82, 2.24) is 5.32 Å². The molecule has 0 aliphatic rings. The smallest absolute Gasteiger partial charge is 0.346 e. The fourth-order valence-corrected chi connectivity index (χ4v) is 0.886. The van der Waals surface area contributed by atoms with Crippen molar-refractivity contribution in [2.45, 2.75) is 32.0 Å². The molecular weight excluding hydrogens is 235 g/mol. The topological polar surface area (TPSA) is 55.1 Å². The molecule has 0 spiro atoms. The molecule has 0 fully saturated rings. The third-order valence-electron chi connectivity index (χ3n) is 2.02. The zero-order valence-corrected chi connectivity index (χ0v) is 8.74. The van der Waals surface area contributed by atoms with Crippen LogP contribution in [0.3, 0.4) is 0 Å². The van der Waals surface area contributed by atoms with Gasteiger partial charge in [-0.05, 0) is 5.92 Å². The lowest BCUT2D eigenvalue weighted by Crippen LogP contribution is -2.55. The summed E-state index contributed by atoms with van der Waals surface area (Å²) >= 11 is 0. The zero-order chi connectivity index (χ0) is 13.1. The average molecular weight is 248 g/mol. The van der Waals surface area contributed by atoms with E-state index in [-0.39, 0.29) is 12.5 Å². The molecule has 3 N–H and O–H groups in total. The lowest BCUT2D eigenvalue weighted by Gasteiger charge is -2.24. The van der Waals surface area contributed by atoms with E-state index in [2.05, 4.69) is 0 Å². The van der Waals surface area contributed by atoms with Crippen molar-refractivity contribution in [2.75, 3.05) is 6.54 Å². The molecule has 0 aliphatic heterocycles. The van der Waals surface area contributed by atoms with Crippen LogP contribution in [-0.4, -0.2) is 30.6 Å². The quantitative estimate of drug-likeness (QED) is 0.736. The first-order valence-corrected chi connectivity index (χ1v) is 4.49. The Labute approximate surface area is 89.2 Å². The molecule has 0 bridgehead atoms. The van der Waals surface area contributed by atoms with E-state index in [9.17, 15) is 26.7 Å². The molecule has 0 saturated carbocycles. The Morgan fingerprint density at radius 2 is 1.69 bits per heavy atom. The van der Waals surface area contributed by atoms with Gasteiger partial charge in [0.15, 0.2) is 0 Å². The van der Waals surface area contributed by atoms with Crippen LogP contribution in [0, 0.1) is 5.92 Å². The molecule has 1 amide bonds. The predicted octanol–water partition coefficient (Wildman–Crippen LogP) is 1.28. The Bertz CT molecular complexity index is 251. The molecule has 0 aromatic rings. The van der Waals surface area contributed by atoms with Gasteiger partial charge in [-0.1, -0.05) is 13.8 Å². The van der Waals surface area contributed by atoms with Crippen molar-refractivity contribution in [3.8, 4) is 0 Å². The number of nitrogens with two attached hydrogens (primary N) is 1. The van der Waals surface area contributed by atoms with Crippen molar-refractivity contribution < 1.29 is 26.7 Å². The Morgan fingerprint density at radius 1 is 1.25 bits per heavy atom. The summed E-state index contributed by atoms with van der Waals surface area (Å²) in [7, 11) is 0. The van der Waals surface area contributed by atoms with E-state index in [0.717, 1.165) is 0 Å². The summed E-state index contributed by atoms with van der Waals surface area (Å²) in [5, 5.41) is 1.58. The maximum absolute atomic E-state index is 12.5. The lowest BCUT2D eigenvalue weighted by molar-refractivity contribution is -0.270. The van der Waals surface area contributed by atoms with E-state index >= 15 is 0 Å². The maximum atomic E-state index is 12.5. The summed E-state index contributed by atoms with van der Waals surface area (Å²) < 4.78 is 60.4. The van der Waals surface area contributed by atoms with Crippen LogP contribution in [0.2, 0.25) is 0 Å². The summed E-state index contributed by atoms with van der Waals surface area (Å²) in [4.78, 5) is 10.7. The molecule has 0 aromatic carbocycles. The molecule has 0 heterocycles. The van der Waals surface area contributed by atoms with E-state index < -0.39 is 24.0 Å². The van der Waals surface area contributed by atoms with Crippen LogP contribution in [0.25, 0.3) is 0 Å². The minimum Gasteiger partial charge on any atom is -0.346 e. The van der Waals surface area contributed by atoms with E-state index in [1.165, 1.54) is 0 Å². The molecule has 16 heavy (non-hydrogen) atoms. The Balaban J connectivity index is 4.70. The summed E-state index contributed by atoms with van der Waals surface area (Å²) in [6, 6.07) is -0.916. The fourth-order valence-electron chi connectivity index (χ4n) is 0.886.